The molecular weight excluding hydrogens is 252 g/mol. The van der Waals surface area contributed by atoms with Crippen molar-refractivity contribution in [3.8, 4) is 0 Å². The molecule has 18 heavy (non-hydrogen) atoms. The molecular formula is C12H19ClN4O. The fourth-order valence-corrected chi connectivity index (χ4v) is 2.37. The molecule has 0 saturated carbocycles. The maximum absolute atomic E-state index is 12.1. The van der Waals surface area contributed by atoms with Crippen LogP contribution in [-0.2, 0) is 0 Å². The van der Waals surface area contributed by atoms with Crippen molar-refractivity contribution in [2.75, 3.05) is 31.1 Å². The van der Waals surface area contributed by atoms with Crippen LogP contribution in [0.5, 0.6) is 0 Å². The van der Waals surface area contributed by atoms with Crippen LogP contribution in [0.2, 0.25) is 5.02 Å². The fourth-order valence-electron chi connectivity index (χ4n) is 2.11. The SMILES string of the molecule is CC(C)n1ncc(N2CCCNCC2)c(Cl)c1=O. The molecule has 1 saturated heterocycles. The van der Waals surface area contributed by atoms with Crippen LogP contribution < -0.4 is 15.8 Å². The van der Waals surface area contributed by atoms with Crippen LogP contribution in [0.4, 0.5) is 5.69 Å². The third kappa shape index (κ3) is 2.67. The molecule has 1 aliphatic rings. The van der Waals surface area contributed by atoms with Crippen molar-refractivity contribution >= 4 is 17.3 Å². The molecule has 5 nitrogen and oxygen atoms in total. The summed E-state index contributed by atoms with van der Waals surface area (Å²) in [5.74, 6) is 0. The third-order valence-electron chi connectivity index (χ3n) is 3.10. The summed E-state index contributed by atoms with van der Waals surface area (Å²) in [4.78, 5) is 14.2. The van der Waals surface area contributed by atoms with E-state index in [9.17, 15) is 4.79 Å². The molecule has 100 valence electrons. The lowest BCUT2D eigenvalue weighted by Gasteiger charge is -2.23. The van der Waals surface area contributed by atoms with E-state index < -0.39 is 0 Å². The van der Waals surface area contributed by atoms with Gasteiger partial charge < -0.3 is 10.2 Å². The predicted molar refractivity (Wildman–Crippen MR) is 73.6 cm³/mol. The lowest BCUT2D eigenvalue weighted by Crippen LogP contribution is -2.32. The molecule has 1 aliphatic heterocycles. The van der Waals surface area contributed by atoms with Crippen molar-refractivity contribution in [2.24, 2.45) is 0 Å². The maximum Gasteiger partial charge on any atom is 0.287 e. The molecule has 1 fully saturated rings. The molecule has 1 aromatic rings. The molecule has 0 radical (unpaired) electrons. The quantitative estimate of drug-likeness (QED) is 0.880. The topological polar surface area (TPSA) is 50.2 Å². The summed E-state index contributed by atoms with van der Waals surface area (Å²) < 4.78 is 1.42. The highest BCUT2D eigenvalue weighted by atomic mass is 35.5. The lowest BCUT2D eigenvalue weighted by molar-refractivity contribution is 0.502. The number of halogens is 1. The van der Waals surface area contributed by atoms with Crippen LogP contribution in [0.3, 0.4) is 0 Å². The van der Waals surface area contributed by atoms with Gasteiger partial charge in [0.1, 0.15) is 5.02 Å². The summed E-state index contributed by atoms with van der Waals surface area (Å²) in [5.41, 5.74) is 0.545. The van der Waals surface area contributed by atoms with E-state index in [1.807, 2.05) is 13.8 Å². The Bertz CT molecular complexity index is 464. The normalized spacial score (nSPS) is 17.0. The summed E-state index contributed by atoms with van der Waals surface area (Å²) in [6, 6.07) is 0.0230. The van der Waals surface area contributed by atoms with Gasteiger partial charge in [0.2, 0.25) is 0 Å². The predicted octanol–water partition coefficient (Wildman–Crippen LogP) is 1.28. The Hall–Kier alpha value is -1.07. The van der Waals surface area contributed by atoms with Crippen LogP contribution in [0.25, 0.3) is 0 Å². The number of anilines is 1. The highest BCUT2D eigenvalue weighted by Gasteiger charge is 2.17. The number of nitrogens with zero attached hydrogens (tertiary/aromatic N) is 3. The molecule has 0 bridgehead atoms. The van der Waals surface area contributed by atoms with E-state index >= 15 is 0 Å². The largest absolute Gasteiger partial charge is 0.368 e. The lowest BCUT2D eigenvalue weighted by atomic mass is 10.3. The molecule has 0 aliphatic carbocycles. The summed E-state index contributed by atoms with van der Waals surface area (Å²) in [5, 5.41) is 7.80. The van der Waals surface area contributed by atoms with E-state index in [-0.39, 0.29) is 16.6 Å². The van der Waals surface area contributed by atoms with Crippen molar-refractivity contribution in [1.29, 1.82) is 0 Å². The highest BCUT2D eigenvalue weighted by Crippen LogP contribution is 2.22. The molecule has 0 spiro atoms. The van der Waals surface area contributed by atoms with Crippen molar-refractivity contribution in [2.45, 2.75) is 26.3 Å². The second-order valence-electron chi connectivity index (χ2n) is 4.78. The first-order valence-electron chi connectivity index (χ1n) is 6.34. The minimum atomic E-state index is -0.207. The minimum Gasteiger partial charge on any atom is -0.368 e. The summed E-state index contributed by atoms with van der Waals surface area (Å²) in [7, 11) is 0. The van der Waals surface area contributed by atoms with Crippen molar-refractivity contribution in [1.82, 2.24) is 15.1 Å². The summed E-state index contributed by atoms with van der Waals surface area (Å²) >= 11 is 6.19. The molecule has 1 aromatic heterocycles. The van der Waals surface area contributed by atoms with E-state index in [4.69, 9.17) is 11.6 Å². The zero-order valence-electron chi connectivity index (χ0n) is 10.8. The number of hydrogen-bond donors (Lipinski definition) is 1. The van der Waals surface area contributed by atoms with Crippen LogP contribution in [0.1, 0.15) is 26.3 Å². The van der Waals surface area contributed by atoms with E-state index in [1.54, 1.807) is 6.20 Å². The van der Waals surface area contributed by atoms with Gasteiger partial charge in [0.05, 0.1) is 17.9 Å². The highest BCUT2D eigenvalue weighted by molar-refractivity contribution is 6.33. The number of aromatic nitrogens is 2. The first-order chi connectivity index (χ1) is 8.61. The molecule has 0 aromatic carbocycles. The van der Waals surface area contributed by atoms with Crippen LogP contribution in [-0.4, -0.2) is 36.0 Å². The second-order valence-corrected chi connectivity index (χ2v) is 5.16. The molecule has 2 rings (SSSR count). The Morgan fingerprint density at radius 2 is 2.17 bits per heavy atom. The Balaban J connectivity index is 2.34. The second kappa shape index (κ2) is 5.71. The number of rotatable bonds is 2. The van der Waals surface area contributed by atoms with Gasteiger partial charge in [-0.25, -0.2) is 4.68 Å². The molecule has 6 heteroatoms. The first kappa shape index (κ1) is 13.4. The van der Waals surface area contributed by atoms with Crippen LogP contribution in [0, 0.1) is 0 Å². The van der Waals surface area contributed by atoms with E-state index in [1.165, 1.54) is 4.68 Å². The summed E-state index contributed by atoms with van der Waals surface area (Å²) in [6.45, 7) is 7.50. The average Bonchev–Trinajstić information content (AvgIpc) is 2.60. The van der Waals surface area contributed by atoms with Gasteiger partial charge in [-0.15, -0.1) is 0 Å². The smallest absolute Gasteiger partial charge is 0.287 e. The van der Waals surface area contributed by atoms with Crippen LogP contribution in [0.15, 0.2) is 11.0 Å². The number of nitrogens with one attached hydrogen (secondary N) is 1. The van der Waals surface area contributed by atoms with Gasteiger partial charge in [0.15, 0.2) is 0 Å². The van der Waals surface area contributed by atoms with Gasteiger partial charge in [0.25, 0.3) is 5.56 Å². The van der Waals surface area contributed by atoms with Crippen molar-refractivity contribution < 1.29 is 0 Å². The van der Waals surface area contributed by atoms with Gasteiger partial charge in [-0.05, 0) is 26.8 Å². The molecule has 0 unspecified atom stereocenters. The first-order valence-corrected chi connectivity index (χ1v) is 6.72. The van der Waals surface area contributed by atoms with Crippen molar-refractivity contribution in [3.05, 3.63) is 21.6 Å². The Kier molecular flexibility index (Phi) is 4.24. The van der Waals surface area contributed by atoms with Gasteiger partial charge in [0, 0.05) is 19.6 Å². The number of hydrogen-bond acceptors (Lipinski definition) is 4. The monoisotopic (exact) mass is 270 g/mol. The van der Waals surface area contributed by atoms with Gasteiger partial charge >= 0.3 is 0 Å². The molecule has 0 atom stereocenters. The van der Waals surface area contributed by atoms with Crippen molar-refractivity contribution in [3.63, 3.8) is 0 Å². The standard InChI is InChI=1S/C12H19ClN4O/c1-9(2)17-12(18)11(13)10(8-15-17)16-6-3-4-14-5-7-16/h8-9,14H,3-7H2,1-2H3. The molecule has 2 heterocycles. The minimum absolute atomic E-state index is 0.0230. The van der Waals surface area contributed by atoms with E-state index in [0.29, 0.717) is 0 Å². The Labute approximate surface area is 112 Å². The van der Waals surface area contributed by atoms with Gasteiger partial charge in [-0.1, -0.05) is 11.6 Å². The average molecular weight is 271 g/mol. The van der Waals surface area contributed by atoms with E-state index in [2.05, 4.69) is 15.3 Å². The summed E-state index contributed by atoms with van der Waals surface area (Å²) in [6.07, 6.45) is 2.75. The Morgan fingerprint density at radius 1 is 1.39 bits per heavy atom. The van der Waals surface area contributed by atoms with Crippen LogP contribution >= 0.6 is 11.6 Å². The molecule has 0 amide bonds. The zero-order valence-corrected chi connectivity index (χ0v) is 11.6. The maximum atomic E-state index is 12.1. The van der Waals surface area contributed by atoms with E-state index in [0.717, 1.165) is 38.3 Å². The third-order valence-corrected chi connectivity index (χ3v) is 3.45. The molecule has 1 N–H and O–H groups in total. The zero-order chi connectivity index (χ0) is 13.1. The van der Waals surface area contributed by atoms with Gasteiger partial charge in [-0.2, -0.15) is 5.10 Å². The fraction of sp³-hybridized carbons (Fsp3) is 0.667. The van der Waals surface area contributed by atoms with Gasteiger partial charge in [-0.3, -0.25) is 4.79 Å². The Morgan fingerprint density at radius 3 is 2.89 bits per heavy atom.